The number of amides is 1. The summed E-state index contributed by atoms with van der Waals surface area (Å²) in [4.78, 5) is 35.5. The molecule has 138 valence electrons. The maximum absolute atomic E-state index is 12.1. The van der Waals surface area contributed by atoms with Crippen LogP contribution in [0.1, 0.15) is 18.1 Å². The van der Waals surface area contributed by atoms with Crippen LogP contribution in [-0.2, 0) is 32.3 Å². The van der Waals surface area contributed by atoms with Crippen molar-refractivity contribution in [2.24, 2.45) is 0 Å². The Morgan fingerprint density at radius 2 is 1.31 bits per heavy atom. The minimum absolute atomic E-state index is 0. The number of carbonyl (C=O) groups excluding carboxylic acids is 3. The highest BCUT2D eigenvalue weighted by Gasteiger charge is 2.27. The van der Waals surface area contributed by atoms with Gasteiger partial charge in [0, 0.05) is 0 Å². The molecule has 0 saturated carbocycles. The topological polar surface area (TPSA) is 113 Å². The molecule has 0 unspecified atom stereocenters. The van der Waals surface area contributed by atoms with Gasteiger partial charge in [0.05, 0.1) is 0 Å². The summed E-state index contributed by atoms with van der Waals surface area (Å²) in [6.07, 6.45) is -0.860. The SMILES string of the molecule is CC(=O)[C@H](NC(=O)OCc1ccccc1)C(=O)OCc1ccccc1.O. The number of ketones is 1. The van der Waals surface area contributed by atoms with Gasteiger partial charge in [-0.3, -0.25) is 4.79 Å². The molecule has 0 bridgehead atoms. The highest BCUT2D eigenvalue weighted by atomic mass is 16.6. The second-order valence-corrected chi connectivity index (χ2v) is 5.34. The summed E-state index contributed by atoms with van der Waals surface area (Å²) in [5.41, 5.74) is 1.58. The summed E-state index contributed by atoms with van der Waals surface area (Å²) >= 11 is 0. The van der Waals surface area contributed by atoms with Crippen molar-refractivity contribution in [2.75, 3.05) is 0 Å². The smallest absolute Gasteiger partial charge is 0.408 e. The minimum Gasteiger partial charge on any atom is -0.459 e. The Balaban J connectivity index is 0.00000338. The number of nitrogens with one attached hydrogen (secondary N) is 1. The minimum atomic E-state index is -1.40. The quantitative estimate of drug-likeness (QED) is 0.598. The molecule has 0 aromatic heterocycles. The van der Waals surface area contributed by atoms with Gasteiger partial charge in [-0.2, -0.15) is 0 Å². The van der Waals surface area contributed by atoms with Gasteiger partial charge in [0.15, 0.2) is 11.8 Å². The number of benzene rings is 2. The maximum atomic E-state index is 12.1. The molecular weight excluding hydrogens is 338 g/mol. The van der Waals surface area contributed by atoms with E-state index in [9.17, 15) is 14.4 Å². The number of esters is 1. The third kappa shape index (κ3) is 6.74. The molecule has 0 radical (unpaired) electrons. The zero-order chi connectivity index (χ0) is 18.1. The standard InChI is InChI=1S/C19H19NO5.H2O/c1-14(21)17(18(22)24-12-15-8-4-2-5-9-15)20-19(23)25-13-16-10-6-3-7-11-16;/h2-11,17H,12-13H2,1H3,(H,20,23);1H2/t17-;/m0./s1. The Bertz CT molecular complexity index is 717. The van der Waals surface area contributed by atoms with Gasteiger partial charge >= 0.3 is 12.1 Å². The summed E-state index contributed by atoms with van der Waals surface area (Å²) < 4.78 is 10.1. The van der Waals surface area contributed by atoms with Crippen LogP contribution < -0.4 is 5.32 Å². The molecule has 7 nitrogen and oxygen atoms in total. The summed E-state index contributed by atoms with van der Waals surface area (Å²) in [6.45, 7) is 1.26. The number of carbonyl (C=O) groups is 3. The molecule has 1 atom stereocenters. The summed E-state index contributed by atoms with van der Waals surface area (Å²) in [5, 5.41) is 2.24. The lowest BCUT2D eigenvalue weighted by Gasteiger charge is -2.15. The Labute approximate surface area is 151 Å². The van der Waals surface area contributed by atoms with Crippen LogP contribution in [0.4, 0.5) is 4.79 Å². The first-order valence-corrected chi connectivity index (χ1v) is 7.74. The molecule has 0 aliphatic carbocycles. The molecule has 26 heavy (non-hydrogen) atoms. The average molecular weight is 359 g/mol. The average Bonchev–Trinajstić information content (AvgIpc) is 2.64. The Kier molecular flexibility index (Phi) is 8.52. The zero-order valence-electron chi connectivity index (χ0n) is 14.3. The molecule has 2 aromatic carbocycles. The van der Waals surface area contributed by atoms with E-state index in [0.717, 1.165) is 11.1 Å². The lowest BCUT2D eigenvalue weighted by atomic mass is 10.2. The monoisotopic (exact) mass is 359 g/mol. The maximum Gasteiger partial charge on any atom is 0.408 e. The molecule has 0 aliphatic rings. The van der Waals surface area contributed by atoms with Crippen molar-refractivity contribution in [1.82, 2.24) is 5.32 Å². The highest BCUT2D eigenvalue weighted by molar-refractivity contribution is 6.04. The lowest BCUT2D eigenvalue weighted by Crippen LogP contribution is -2.46. The van der Waals surface area contributed by atoms with Crippen LogP contribution in [-0.4, -0.2) is 29.4 Å². The van der Waals surface area contributed by atoms with Gasteiger partial charge in [-0.05, 0) is 18.1 Å². The van der Waals surface area contributed by atoms with Crippen LogP contribution in [0.5, 0.6) is 0 Å². The molecular formula is C19H21NO6. The number of ether oxygens (including phenoxy) is 2. The Morgan fingerprint density at radius 1 is 0.846 bits per heavy atom. The first-order chi connectivity index (χ1) is 12.1. The molecule has 0 saturated heterocycles. The van der Waals surface area contributed by atoms with Gasteiger partial charge in [0.2, 0.25) is 0 Å². The van der Waals surface area contributed by atoms with Crippen molar-refractivity contribution in [3.05, 3.63) is 71.8 Å². The van der Waals surface area contributed by atoms with Crippen LogP contribution in [0.2, 0.25) is 0 Å². The van der Waals surface area contributed by atoms with E-state index in [2.05, 4.69) is 5.32 Å². The van der Waals surface area contributed by atoms with E-state index in [1.165, 1.54) is 6.92 Å². The van der Waals surface area contributed by atoms with Crippen molar-refractivity contribution in [1.29, 1.82) is 0 Å². The van der Waals surface area contributed by atoms with Gasteiger partial charge in [-0.1, -0.05) is 60.7 Å². The fraction of sp³-hybridized carbons (Fsp3) is 0.211. The molecule has 7 heteroatoms. The molecule has 2 aromatic rings. The third-order valence-corrected chi connectivity index (χ3v) is 3.34. The van der Waals surface area contributed by atoms with E-state index in [0.29, 0.717) is 0 Å². The second-order valence-electron chi connectivity index (χ2n) is 5.34. The first-order valence-electron chi connectivity index (χ1n) is 7.74. The van der Waals surface area contributed by atoms with E-state index in [1.807, 2.05) is 36.4 Å². The highest BCUT2D eigenvalue weighted by Crippen LogP contribution is 2.04. The van der Waals surface area contributed by atoms with E-state index in [1.54, 1.807) is 24.3 Å². The Morgan fingerprint density at radius 3 is 1.77 bits per heavy atom. The van der Waals surface area contributed by atoms with Crippen molar-refractivity contribution < 1.29 is 29.3 Å². The largest absolute Gasteiger partial charge is 0.459 e. The van der Waals surface area contributed by atoms with Crippen LogP contribution in [0.25, 0.3) is 0 Å². The fourth-order valence-corrected chi connectivity index (χ4v) is 2.02. The number of hydrogen-bond donors (Lipinski definition) is 1. The zero-order valence-corrected chi connectivity index (χ0v) is 14.3. The van der Waals surface area contributed by atoms with Gasteiger partial charge in [-0.25, -0.2) is 9.59 Å². The van der Waals surface area contributed by atoms with E-state index < -0.39 is 23.9 Å². The van der Waals surface area contributed by atoms with Crippen molar-refractivity contribution in [3.63, 3.8) is 0 Å². The summed E-state index contributed by atoms with van der Waals surface area (Å²) in [5.74, 6) is -1.36. The van der Waals surface area contributed by atoms with Crippen molar-refractivity contribution >= 4 is 17.8 Å². The van der Waals surface area contributed by atoms with Crippen LogP contribution in [0.15, 0.2) is 60.7 Å². The number of Topliss-reactive ketones (excluding diaryl/α,β-unsaturated/α-hetero) is 1. The molecule has 0 spiro atoms. The van der Waals surface area contributed by atoms with Gasteiger partial charge in [-0.15, -0.1) is 0 Å². The van der Waals surface area contributed by atoms with Crippen LogP contribution >= 0.6 is 0 Å². The van der Waals surface area contributed by atoms with E-state index in [4.69, 9.17) is 9.47 Å². The summed E-state index contributed by atoms with van der Waals surface area (Å²) in [6, 6.07) is 16.7. The molecule has 3 N–H and O–H groups in total. The van der Waals surface area contributed by atoms with Gasteiger partial charge < -0.3 is 20.3 Å². The first kappa shape index (κ1) is 20.9. The summed E-state index contributed by atoms with van der Waals surface area (Å²) in [7, 11) is 0. The predicted octanol–water partition coefficient (Wildman–Crippen LogP) is 1.79. The van der Waals surface area contributed by atoms with E-state index in [-0.39, 0.29) is 18.7 Å². The normalized spacial score (nSPS) is 10.8. The third-order valence-electron chi connectivity index (χ3n) is 3.34. The van der Waals surface area contributed by atoms with E-state index >= 15 is 0 Å². The number of rotatable bonds is 7. The second kappa shape index (κ2) is 10.6. The molecule has 1 amide bonds. The molecule has 0 fully saturated rings. The molecule has 0 aliphatic heterocycles. The molecule has 0 heterocycles. The van der Waals surface area contributed by atoms with Gasteiger partial charge in [0.25, 0.3) is 0 Å². The van der Waals surface area contributed by atoms with Crippen molar-refractivity contribution in [2.45, 2.75) is 26.2 Å². The predicted molar refractivity (Wildman–Crippen MR) is 94.1 cm³/mol. The number of alkyl carbamates (subject to hydrolysis) is 1. The van der Waals surface area contributed by atoms with Crippen LogP contribution in [0.3, 0.4) is 0 Å². The fourth-order valence-electron chi connectivity index (χ4n) is 2.02. The number of hydrogen-bond acceptors (Lipinski definition) is 5. The van der Waals surface area contributed by atoms with Crippen molar-refractivity contribution in [3.8, 4) is 0 Å². The van der Waals surface area contributed by atoms with Gasteiger partial charge in [0.1, 0.15) is 13.2 Å². The Hall–Kier alpha value is -3.19. The van der Waals surface area contributed by atoms with Crippen LogP contribution in [0, 0.1) is 0 Å². The molecule has 2 rings (SSSR count). The lowest BCUT2D eigenvalue weighted by molar-refractivity contribution is -0.149.